The molecule has 1 heterocycles. The molecule has 0 saturated carbocycles. The maximum Gasteiger partial charge on any atom is 0.262 e. The summed E-state index contributed by atoms with van der Waals surface area (Å²) in [5.41, 5.74) is 1.45. The van der Waals surface area contributed by atoms with Crippen LogP contribution in [0.2, 0.25) is 0 Å². The van der Waals surface area contributed by atoms with Crippen molar-refractivity contribution in [1.82, 2.24) is 5.32 Å². The van der Waals surface area contributed by atoms with Gasteiger partial charge in [-0.2, -0.15) is 0 Å². The number of para-hydroxylation sites is 1. The van der Waals surface area contributed by atoms with Gasteiger partial charge in [0.05, 0.1) is 11.7 Å². The predicted molar refractivity (Wildman–Crippen MR) is 116 cm³/mol. The highest BCUT2D eigenvalue weighted by atomic mass is 16.5. The molecule has 0 bridgehead atoms. The second-order valence-corrected chi connectivity index (χ2v) is 7.06. The highest BCUT2D eigenvalue weighted by molar-refractivity contribution is 5.95. The Morgan fingerprint density at radius 2 is 1.74 bits per heavy atom. The Bertz CT molecular complexity index is 1070. The van der Waals surface area contributed by atoms with Gasteiger partial charge < -0.3 is 24.8 Å². The van der Waals surface area contributed by atoms with Gasteiger partial charge in [-0.25, -0.2) is 0 Å². The molecule has 0 fully saturated rings. The molecule has 0 aliphatic carbocycles. The highest BCUT2D eigenvalue weighted by Crippen LogP contribution is 2.30. The average molecular weight is 418 g/mol. The van der Waals surface area contributed by atoms with Gasteiger partial charge in [-0.3, -0.25) is 9.59 Å². The molecule has 3 aromatic rings. The molecule has 3 aromatic carbocycles. The zero-order chi connectivity index (χ0) is 21.6. The first-order valence-electron chi connectivity index (χ1n) is 9.88. The van der Waals surface area contributed by atoms with Gasteiger partial charge in [0, 0.05) is 0 Å². The maximum absolute atomic E-state index is 12.3. The fourth-order valence-electron chi connectivity index (χ4n) is 3.11. The van der Waals surface area contributed by atoms with Gasteiger partial charge in [0.15, 0.2) is 13.2 Å². The van der Waals surface area contributed by atoms with Gasteiger partial charge in [-0.15, -0.1) is 0 Å². The van der Waals surface area contributed by atoms with Crippen LogP contribution in [0.4, 0.5) is 5.69 Å². The van der Waals surface area contributed by atoms with E-state index in [1.54, 1.807) is 36.4 Å². The minimum absolute atomic E-state index is 0.00926. The van der Waals surface area contributed by atoms with Crippen molar-refractivity contribution in [2.75, 3.05) is 18.5 Å². The number of anilines is 1. The zero-order valence-electron chi connectivity index (χ0n) is 17.0. The van der Waals surface area contributed by atoms with Crippen LogP contribution in [-0.4, -0.2) is 25.0 Å². The third kappa shape index (κ3) is 5.33. The summed E-state index contributed by atoms with van der Waals surface area (Å²) in [6.45, 7) is 1.75. The third-order valence-electron chi connectivity index (χ3n) is 4.69. The number of carbonyl (C=O) groups is 2. The second kappa shape index (κ2) is 9.21. The molecule has 0 spiro atoms. The lowest BCUT2D eigenvalue weighted by Crippen LogP contribution is -2.31. The van der Waals surface area contributed by atoms with Crippen LogP contribution >= 0.6 is 0 Å². The summed E-state index contributed by atoms with van der Waals surface area (Å²) < 4.78 is 16.7. The van der Waals surface area contributed by atoms with E-state index in [2.05, 4.69) is 10.6 Å². The van der Waals surface area contributed by atoms with Crippen molar-refractivity contribution in [1.29, 1.82) is 0 Å². The quantitative estimate of drug-likeness (QED) is 0.604. The number of hydrogen-bond donors (Lipinski definition) is 2. The Hall–Kier alpha value is -4.00. The second-order valence-electron chi connectivity index (χ2n) is 7.06. The Labute approximate surface area is 179 Å². The molecule has 1 atom stereocenters. The van der Waals surface area contributed by atoms with Gasteiger partial charge >= 0.3 is 0 Å². The first-order valence-corrected chi connectivity index (χ1v) is 9.88. The van der Waals surface area contributed by atoms with Crippen molar-refractivity contribution < 1.29 is 23.8 Å². The molecule has 0 radical (unpaired) electrons. The average Bonchev–Trinajstić information content (AvgIpc) is 2.79. The van der Waals surface area contributed by atoms with Crippen molar-refractivity contribution in [2.45, 2.75) is 13.0 Å². The van der Waals surface area contributed by atoms with E-state index in [9.17, 15) is 9.59 Å². The molecule has 158 valence electrons. The summed E-state index contributed by atoms with van der Waals surface area (Å²) in [6, 6.07) is 21.7. The van der Waals surface area contributed by atoms with Crippen LogP contribution in [0.5, 0.6) is 23.0 Å². The van der Waals surface area contributed by atoms with E-state index in [1.807, 2.05) is 43.3 Å². The lowest BCUT2D eigenvalue weighted by atomic mass is 10.1. The topological polar surface area (TPSA) is 85.9 Å². The molecule has 31 heavy (non-hydrogen) atoms. The predicted octanol–water partition coefficient (Wildman–Crippen LogP) is 4.07. The van der Waals surface area contributed by atoms with Crippen molar-refractivity contribution in [2.24, 2.45) is 0 Å². The van der Waals surface area contributed by atoms with Crippen LogP contribution in [-0.2, 0) is 9.59 Å². The number of benzene rings is 3. The molecule has 7 nitrogen and oxygen atoms in total. The highest BCUT2D eigenvalue weighted by Gasteiger charge is 2.18. The van der Waals surface area contributed by atoms with Gasteiger partial charge in [-0.05, 0) is 61.0 Å². The van der Waals surface area contributed by atoms with Gasteiger partial charge in [0.1, 0.15) is 23.0 Å². The number of fused-ring (bicyclic) bond motifs is 1. The minimum Gasteiger partial charge on any atom is -0.484 e. The van der Waals surface area contributed by atoms with Crippen molar-refractivity contribution in [3.63, 3.8) is 0 Å². The summed E-state index contributed by atoms with van der Waals surface area (Å²) in [6.07, 6.45) is 0. The largest absolute Gasteiger partial charge is 0.484 e. The molecule has 0 unspecified atom stereocenters. The number of rotatable bonds is 7. The smallest absolute Gasteiger partial charge is 0.262 e. The van der Waals surface area contributed by atoms with Crippen LogP contribution in [0.1, 0.15) is 18.5 Å². The summed E-state index contributed by atoms with van der Waals surface area (Å²) in [5.74, 6) is 2.16. The Morgan fingerprint density at radius 1 is 1.03 bits per heavy atom. The molecule has 2 amide bonds. The van der Waals surface area contributed by atoms with E-state index < -0.39 is 0 Å². The van der Waals surface area contributed by atoms with E-state index in [-0.39, 0.29) is 31.1 Å². The Morgan fingerprint density at radius 3 is 2.52 bits per heavy atom. The van der Waals surface area contributed by atoms with Crippen molar-refractivity contribution in [3.8, 4) is 23.0 Å². The normalized spacial score (nSPS) is 13.3. The first-order chi connectivity index (χ1) is 15.1. The van der Waals surface area contributed by atoms with E-state index >= 15 is 0 Å². The van der Waals surface area contributed by atoms with Gasteiger partial charge in [0.25, 0.3) is 11.8 Å². The zero-order valence-corrected chi connectivity index (χ0v) is 17.0. The SMILES string of the molecule is C[C@@H](NC(=O)COc1ccc(Oc2ccccc2)cc1)c1ccc2c(c1)NC(=O)CO2. The Kier molecular flexibility index (Phi) is 6.03. The van der Waals surface area contributed by atoms with Crippen molar-refractivity contribution >= 4 is 17.5 Å². The summed E-state index contributed by atoms with van der Waals surface area (Å²) in [4.78, 5) is 23.8. The lowest BCUT2D eigenvalue weighted by Gasteiger charge is -2.21. The van der Waals surface area contributed by atoms with Crippen LogP contribution < -0.4 is 24.8 Å². The lowest BCUT2D eigenvalue weighted by molar-refractivity contribution is -0.123. The molecule has 2 N–H and O–H groups in total. The molecule has 4 rings (SSSR count). The molecule has 7 heteroatoms. The number of carbonyl (C=O) groups excluding carboxylic acids is 2. The van der Waals surface area contributed by atoms with E-state index in [0.29, 0.717) is 22.9 Å². The standard InChI is InChI=1S/C24H22N2O5/c1-16(17-7-12-22-21(13-17)26-24(28)15-30-22)25-23(27)14-29-18-8-10-20(11-9-18)31-19-5-3-2-4-6-19/h2-13,16H,14-15H2,1H3,(H,25,27)(H,26,28)/t16-/m1/s1. The summed E-state index contributed by atoms with van der Waals surface area (Å²) in [5, 5.41) is 5.65. The van der Waals surface area contributed by atoms with E-state index in [0.717, 1.165) is 11.3 Å². The van der Waals surface area contributed by atoms with E-state index in [1.165, 1.54) is 0 Å². The van der Waals surface area contributed by atoms with Gasteiger partial charge in [-0.1, -0.05) is 24.3 Å². The number of ether oxygens (including phenoxy) is 3. The van der Waals surface area contributed by atoms with Crippen LogP contribution in [0, 0.1) is 0 Å². The fraction of sp³-hybridized carbons (Fsp3) is 0.167. The van der Waals surface area contributed by atoms with Crippen LogP contribution in [0.3, 0.4) is 0 Å². The van der Waals surface area contributed by atoms with Gasteiger partial charge in [0.2, 0.25) is 0 Å². The van der Waals surface area contributed by atoms with Crippen LogP contribution in [0.25, 0.3) is 0 Å². The monoisotopic (exact) mass is 418 g/mol. The summed E-state index contributed by atoms with van der Waals surface area (Å²) >= 11 is 0. The fourth-order valence-corrected chi connectivity index (χ4v) is 3.11. The molecule has 1 aliphatic rings. The Balaban J connectivity index is 1.28. The minimum atomic E-state index is -0.262. The third-order valence-corrected chi connectivity index (χ3v) is 4.69. The molecule has 0 saturated heterocycles. The number of amides is 2. The van der Waals surface area contributed by atoms with E-state index in [4.69, 9.17) is 14.2 Å². The van der Waals surface area contributed by atoms with Crippen LogP contribution in [0.15, 0.2) is 72.8 Å². The molecular weight excluding hydrogens is 396 g/mol. The summed E-state index contributed by atoms with van der Waals surface area (Å²) in [7, 11) is 0. The van der Waals surface area contributed by atoms with Crippen molar-refractivity contribution in [3.05, 3.63) is 78.4 Å². The molecular formula is C24H22N2O5. The first kappa shape index (κ1) is 20.3. The number of nitrogens with one attached hydrogen (secondary N) is 2. The maximum atomic E-state index is 12.3. The molecule has 0 aromatic heterocycles. The number of hydrogen-bond acceptors (Lipinski definition) is 5. The molecule has 1 aliphatic heterocycles.